The monoisotopic (exact) mass is 562 g/mol. The molecule has 0 fully saturated rings. The number of nitrogens with one attached hydrogen (secondary N) is 1. The Hall–Kier alpha value is -4.04. The quantitative estimate of drug-likeness (QED) is 0.157. The van der Waals surface area contributed by atoms with Crippen LogP contribution in [0.4, 0.5) is 10.5 Å². The fourth-order valence-electron chi connectivity index (χ4n) is 4.28. The van der Waals surface area contributed by atoms with E-state index in [1.165, 1.54) is 12.8 Å². The van der Waals surface area contributed by atoms with E-state index >= 15 is 0 Å². The van der Waals surface area contributed by atoms with E-state index in [4.69, 9.17) is 14.2 Å². The summed E-state index contributed by atoms with van der Waals surface area (Å²) < 4.78 is 17.1. The number of urea groups is 1. The van der Waals surface area contributed by atoms with E-state index in [9.17, 15) is 14.7 Å². The first-order chi connectivity index (χ1) is 20.0. The number of amides is 2. The minimum absolute atomic E-state index is 0.174. The van der Waals surface area contributed by atoms with Gasteiger partial charge in [0.2, 0.25) is 0 Å². The first kappa shape index (κ1) is 31.5. The summed E-state index contributed by atoms with van der Waals surface area (Å²) in [5.41, 5.74) is 1.54. The van der Waals surface area contributed by atoms with E-state index in [0.29, 0.717) is 43.5 Å². The number of benzene rings is 3. The number of anilines is 1. The molecule has 3 aromatic carbocycles. The number of aliphatic carboxylic acids is 1. The van der Waals surface area contributed by atoms with Crippen LogP contribution in [-0.4, -0.2) is 54.4 Å². The molecule has 0 saturated heterocycles. The number of ether oxygens (including phenoxy) is 3. The smallest absolute Gasteiger partial charge is 0.333 e. The van der Waals surface area contributed by atoms with Crippen LogP contribution < -0.4 is 14.8 Å². The first-order valence-electron chi connectivity index (χ1n) is 14.4. The number of unbranched alkanes of at least 4 members (excludes halogenated alkanes) is 4. The van der Waals surface area contributed by atoms with Gasteiger partial charge in [-0.1, -0.05) is 62.9 Å². The second-order valence-electron chi connectivity index (χ2n) is 9.75. The fraction of sp³-hybridized carbons (Fsp3) is 0.394. The molecule has 0 aromatic heterocycles. The molecule has 0 aliphatic heterocycles. The molecule has 1 atom stereocenters. The number of carboxylic acids is 1. The molecular weight excluding hydrogens is 520 g/mol. The van der Waals surface area contributed by atoms with Crippen molar-refractivity contribution in [3.05, 3.63) is 84.4 Å². The van der Waals surface area contributed by atoms with Crippen LogP contribution in [0.25, 0.3) is 0 Å². The number of nitrogens with zero attached hydrogens (tertiary/aromatic N) is 1. The number of rotatable bonds is 18. The van der Waals surface area contributed by atoms with Crippen molar-refractivity contribution in [2.24, 2.45) is 0 Å². The molecule has 3 rings (SSSR count). The summed E-state index contributed by atoms with van der Waals surface area (Å²) in [6.07, 6.45) is 4.94. The average Bonchev–Trinajstić information content (AvgIpc) is 2.98. The summed E-state index contributed by atoms with van der Waals surface area (Å²) >= 11 is 0. The van der Waals surface area contributed by atoms with Crippen LogP contribution in [0.1, 0.15) is 51.5 Å². The molecule has 2 N–H and O–H groups in total. The molecule has 2 amide bonds. The van der Waals surface area contributed by atoms with Crippen LogP contribution in [0.2, 0.25) is 0 Å². The summed E-state index contributed by atoms with van der Waals surface area (Å²) in [5, 5.41) is 12.3. The fourth-order valence-corrected chi connectivity index (χ4v) is 4.28. The van der Waals surface area contributed by atoms with Gasteiger partial charge in [-0.2, -0.15) is 0 Å². The number of carbonyl (C=O) groups excluding carboxylic acids is 1. The van der Waals surface area contributed by atoms with Crippen LogP contribution in [0.5, 0.6) is 17.2 Å². The highest BCUT2D eigenvalue weighted by atomic mass is 16.5. The second kappa shape index (κ2) is 17.6. The number of carbonyl (C=O) groups is 2. The van der Waals surface area contributed by atoms with Gasteiger partial charge in [-0.05, 0) is 67.4 Å². The predicted octanol–water partition coefficient (Wildman–Crippen LogP) is 7.39. The Balaban J connectivity index is 1.53. The summed E-state index contributed by atoms with van der Waals surface area (Å²) in [7, 11) is 0. The van der Waals surface area contributed by atoms with Crippen LogP contribution >= 0.6 is 0 Å². The maximum atomic E-state index is 13.2. The number of carboxylic acid groups (broad SMARTS) is 1. The molecule has 0 heterocycles. The third kappa shape index (κ3) is 11.5. The average molecular weight is 563 g/mol. The summed E-state index contributed by atoms with van der Waals surface area (Å²) in [6, 6.07) is 24.0. The van der Waals surface area contributed by atoms with E-state index in [2.05, 4.69) is 12.2 Å². The Morgan fingerprint density at radius 2 is 1.46 bits per heavy atom. The van der Waals surface area contributed by atoms with E-state index in [-0.39, 0.29) is 12.5 Å². The third-order valence-corrected chi connectivity index (χ3v) is 6.52. The zero-order valence-corrected chi connectivity index (χ0v) is 24.1. The van der Waals surface area contributed by atoms with Crippen molar-refractivity contribution in [1.29, 1.82) is 0 Å². The SMILES string of the molecule is CCCCCCCN(CCOc1ccc(CC(OCC)C(=O)O)cc1)C(=O)Nc1ccc(Oc2ccccc2)cc1. The van der Waals surface area contributed by atoms with Crippen molar-refractivity contribution < 1.29 is 28.9 Å². The lowest BCUT2D eigenvalue weighted by Gasteiger charge is -2.23. The van der Waals surface area contributed by atoms with Gasteiger partial charge in [0, 0.05) is 25.3 Å². The summed E-state index contributed by atoms with van der Waals surface area (Å²) in [6.45, 7) is 5.71. The number of para-hydroxylation sites is 1. The second-order valence-corrected chi connectivity index (χ2v) is 9.75. The Morgan fingerprint density at radius 3 is 2.12 bits per heavy atom. The molecule has 41 heavy (non-hydrogen) atoms. The number of hydrogen-bond acceptors (Lipinski definition) is 5. The minimum Gasteiger partial charge on any atom is -0.492 e. The van der Waals surface area contributed by atoms with E-state index in [0.717, 1.165) is 30.6 Å². The molecule has 0 aliphatic rings. The highest BCUT2D eigenvalue weighted by Gasteiger charge is 2.18. The number of hydrogen-bond donors (Lipinski definition) is 2. The molecule has 0 aliphatic carbocycles. The van der Waals surface area contributed by atoms with Crippen molar-refractivity contribution in [3.63, 3.8) is 0 Å². The molecule has 0 bridgehead atoms. The Kier molecular flexibility index (Phi) is 13.5. The minimum atomic E-state index is -0.975. The van der Waals surface area contributed by atoms with Gasteiger partial charge >= 0.3 is 12.0 Å². The maximum absolute atomic E-state index is 13.2. The molecule has 220 valence electrons. The van der Waals surface area contributed by atoms with Crippen molar-refractivity contribution in [2.75, 3.05) is 31.6 Å². The third-order valence-electron chi connectivity index (χ3n) is 6.52. The van der Waals surface area contributed by atoms with Gasteiger partial charge < -0.3 is 29.5 Å². The lowest BCUT2D eigenvalue weighted by Crippen LogP contribution is -2.38. The van der Waals surface area contributed by atoms with Gasteiger partial charge in [0.25, 0.3) is 0 Å². The molecule has 1 unspecified atom stereocenters. The van der Waals surface area contributed by atoms with Crippen LogP contribution in [0.15, 0.2) is 78.9 Å². The van der Waals surface area contributed by atoms with Crippen molar-refractivity contribution >= 4 is 17.7 Å². The van der Waals surface area contributed by atoms with Gasteiger partial charge in [-0.3, -0.25) is 0 Å². The lowest BCUT2D eigenvalue weighted by molar-refractivity contribution is -0.149. The molecule has 0 saturated carbocycles. The Bertz CT molecular complexity index is 1170. The Morgan fingerprint density at radius 1 is 0.805 bits per heavy atom. The highest BCUT2D eigenvalue weighted by Crippen LogP contribution is 2.23. The topological polar surface area (TPSA) is 97.3 Å². The van der Waals surface area contributed by atoms with Crippen LogP contribution in [0.3, 0.4) is 0 Å². The lowest BCUT2D eigenvalue weighted by atomic mass is 10.1. The molecule has 8 nitrogen and oxygen atoms in total. The molecular formula is C33H42N2O6. The zero-order chi connectivity index (χ0) is 29.3. The van der Waals surface area contributed by atoms with Gasteiger partial charge in [0.05, 0.1) is 6.54 Å². The van der Waals surface area contributed by atoms with Crippen LogP contribution in [0, 0.1) is 0 Å². The van der Waals surface area contributed by atoms with Crippen molar-refractivity contribution in [2.45, 2.75) is 58.5 Å². The maximum Gasteiger partial charge on any atom is 0.333 e. The highest BCUT2D eigenvalue weighted by molar-refractivity contribution is 5.89. The van der Waals surface area contributed by atoms with E-state index in [1.807, 2.05) is 78.9 Å². The normalized spacial score (nSPS) is 11.5. The zero-order valence-electron chi connectivity index (χ0n) is 24.1. The first-order valence-corrected chi connectivity index (χ1v) is 14.4. The van der Waals surface area contributed by atoms with Crippen molar-refractivity contribution in [3.8, 4) is 17.2 Å². The van der Waals surface area contributed by atoms with E-state index < -0.39 is 12.1 Å². The molecule has 3 aromatic rings. The standard InChI is InChI=1S/C33H42N2O6/c1-3-5-6-7-11-22-35(23-24-40-28-18-14-26(15-19-28)25-31(32(36)37)39-4-2)33(38)34-27-16-20-30(21-17-27)41-29-12-9-8-10-13-29/h8-10,12-21,31H,3-7,11,22-25H2,1-2H3,(H,34,38)(H,36,37). The molecule has 0 spiro atoms. The van der Waals surface area contributed by atoms with Crippen LogP contribution in [-0.2, 0) is 16.0 Å². The molecule has 0 radical (unpaired) electrons. The van der Waals surface area contributed by atoms with Gasteiger partial charge in [-0.15, -0.1) is 0 Å². The van der Waals surface area contributed by atoms with Gasteiger partial charge in [-0.25, -0.2) is 9.59 Å². The van der Waals surface area contributed by atoms with Gasteiger partial charge in [0.1, 0.15) is 23.9 Å². The van der Waals surface area contributed by atoms with E-state index in [1.54, 1.807) is 11.8 Å². The van der Waals surface area contributed by atoms with Crippen molar-refractivity contribution in [1.82, 2.24) is 4.90 Å². The predicted molar refractivity (Wildman–Crippen MR) is 161 cm³/mol. The Labute approximate surface area is 243 Å². The molecule has 8 heteroatoms. The summed E-state index contributed by atoms with van der Waals surface area (Å²) in [5.74, 6) is 1.13. The van der Waals surface area contributed by atoms with Gasteiger partial charge in [0.15, 0.2) is 6.10 Å². The largest absolute Gasteiger partial charge is 0.492 e. The summed E-state index contributed by atoms with van der Waals surface area (Å²) in [4.78, 5) is 26.3.